The summed E-state index contributed by atoms with van der Waals surface area (Å²) in [5.41, 5.74) is 2.20. The molecule has 2 N–H and O–H groups in total. The van der Waals surface area contributed by atoms with E-state index >= 15 is 0 Å². The molecule has 1 aromatic rings. The van der Waals surface area contributed by atoms with Crippen molar-refractivity contribution < 1.29 is 9.59 Å². The molecule has 124 valence electrons. The zero-order chi connectivity index (χ0) is 16.2. The second-order valence-corrected chi connectivity index (χ2v) is 6.54. The number of carbonyl (C=O) groups excluding carboxylic acids is 2. The Bertz CT molecular complexity index is 588. The minimum Gasteiger partial charge on any atom is -0.339 e. The van der Waals surface area contributed by atoms with Crippen LogP contribution in [0.4, 0.5) is 5.69 Å². The molecule has 2 aliphatic rings. The Labute approximate surface area is 137 Å². The molecule has 1 unspecified atom stereocenters. The maximum Gasteiger partial charge on any atom is 0.256 e. The van der Waals surface area contributed by atoms with Crippen LogP contribution in [0.5, 0.6) is 0 Å². The zero-order valence-corrected chi connectivity index (χ0v) is 13.7. The van der Waals surface area contributed by atoms with E-state index in [1.807, 2.05) is 30.0 Å². The van der Waals surface area contributed by atoms with Crippen molar-refractivity contribution in [1.29, 1.82) is 0 Å². The van der Waals surface area contributed by atoms with E-state index in [2.05, 4.69) is 10.6 Å². The molecule has 0 bridgehead atoms. The molecule has 2 amide bonds. The third-order valence-electron chi connectivity index (χ3n) is 4.75. The Kier molecular flexibility index (Phi) is 4.96. The molecule has 2 heterocycles. The highest BCUT2D eigenvalue weighted by molar-refractivity contribution is 6.05. The van der Waals surface area contributed by atoms with Crippen molar-refractivity contribution in [2.45, 2.75) is 45.1 Å². The van der Waals surface area contributed by atoms with Crippen LogP contribution in [0, 0.1) is 6.92 Å². The molecule has 0 aromatic heterocycles. The molecular formula is C18H25N3O2. The topological polar surface area (TPSA) is 61.4 Å². The van der Waals surface area contributed by atoms with Crippen LogP contribution in [0.15, 0.2) is 18.2 Å². The number of amides is 2. The third kappa shape index (κ3) is 3.72. The van der Waals surface area contributed by atoms with Gasteiger partial charge in [0.15, 0.2) is 0 Å². The van der Waals surface area contributed by atoms with Gasteiger partial charge in [-0.25, -0.2) is 0 Å². The van der Waals surface area contributed by atoms with Crippen LogP contribution in [-0.2, 0) is 4.79 Å². The lowest BCUT2D eigenvalue weighted by atomic mass is 10.0. The largest absolute Gasteiger partial charge is 0.339 e. The van der Waals surface area contributed by atoms with E-state index in [0.29, 0.717) is 17.7 Å². The first-order valence-electron chi connectivity index (χ1n) is 8.57. The van der Waals surface area contributed by atoms with Gasteiger partial charge in [-0.05, 0) is 50.8 Å². The van der Waals surface area contributed by atoms with Crippen LogP contribution in [0.25, 0.3) is 0 Å². The normalized spacial score (nSPS) is 20.7. The SMILES string of the molecule is Cc1cccc(NC(=O)CC2CCCN2)c1C(=O)N1CCCC1. The highest BCUT2D eigenvalue weighted by atomic mass is 16.2. The number of nitrogens with zero attached hydrogens (tertiary/aromatic N) is 1. The summed E-state index contributed by atoms with van der Waals surface area (Å²) in [6.07, 6.45) is 4.76. The van der Waals surface area contributed by atoms with Gasteiger partial charge in [-0.15, -0.1) is 0 Å². The van der Waals surface area contributed by atoms with E-state index in [1.165, 1.54) is 0 Å². The lowest BCUT2D eigenvalue weighted by Gasteiger charge is -2.20. The first kappa shape index (κ1) is 16.0. The Morgan fingerprint density at radius 1 is 1.26 bits per heavy atom. The van der Waals surface area contributed by atoms with Crippen molar-refractivity contribution in [3.05, 3.63) is 29.3 Å². The number of carbonyl (C=O) groups is 2. The molecule has 0 saturated carbocycles. The quantitative estimate of drug-likeness (QED) is 0.896. The molecule has 2 aliphatic heterocycles. The molecule has 5 heteroatoms. The third-order valence-corrected chi connectivity index (χ3v) is 4.75. The summed E-state index contributed by atoms with van der Waals surface area (Å²) in [4.78, 5) is 27.0. The fraction of sp³-hybridized carbons (Fsp3) is 0.556. The zero-order valence-electron chi connectivity index (χ0n) is 13.7. The van der Waals surface area contributed by atoms with Crippen molar-refractivity contribution in [1.82, 2.24) is 10.2 Å². The number of aryl methyl sites for hydroxylation is 1. The molecule has 0 radical (unpaired) electrons. The lowest BCUT2D eigenvalue weighted by molar-refractivity contribution is -0.116. The van der Waals surface area contributed by atoms with Gasteiger partial charge in [-0.1, -0.05) is 12.1 Å². The van der Waals surface area contributed by atoms with Gasteiger partial charge >= 0.3 is 0 Å². The number of nitrogens with one attached hydrogen (secondary N) is 2. The van der Waals surface area contributed by atoms with Crippen molar-refractivity contribution in [2.75, 3.05) is 25.0 Å². The Morgan fingerprint density at radius 3 is 2.74 bits per heavy atom. The average Bonchev–Trinajstić information content (AvgIpc) is 3.20. The maximum atomic E-state index is 12.8. The van der Waals surface area contributed by atoms with E-state index in [9.17, 15) is 9.59 Å². The van der Waals surface area contributed by atoms with Crippen LogP contribution in [-0.4, -0.2) is 42.4 Å². The second-order valence-electron chi connectivity index (χ2n) is 6.54. The van der Waals surface area contributed by atoms with Gasteiger partial charge in [0, 0.05) is 25.6 Å². The predicted octanol–water partition coefficient (Wildman–Crippen LogP) is 2.31. The van der Waals surface area contributed by atoms with E-state index in [1.54, 1.807) is 0 Å². The van der Waals surface area contributed by atoms with E-state index < -0.39 is 0 Å². The fourth-order valence-electron chi connectivity index (χ4n) is 3.49. The van der Waals surface area contributed by atoms with Crippen molar-refractivity contribution in [3.8, 4) is 0 Å². The van der Waals surface area contributed by atoms with E-state index in [0.717, 1.165) is 50.9 Å². The summed E-state index contributed by atoms with van der Waals surface area (Å²) in [6.45, 7) is 4.54. The Morgan fingerprint density at radius 2 is 2.04 bits per heavy atom. The van der Waals surface area contributed by atoms with Gasteiger partial charge in [-0.2, -0.15) is 0 Å². The summed E-state index contributed by atoms with van der Waals surface area (Å²) >= 11 is 0. The van der Waals surface area contributed by atoms with Crippen molar-refractivity contribution >= 4 is 17.5 Å². The maximum absolute atomic E-state index is 12.8. The Hall–Kier alpha value is -1.88. The van der Waals surface area contributed by atoms with Crippen LogP contribution < -0.4 is 10.6 Å². The number of anilines is 1. The molecule has 0 spiro atoms. The van der Waals surface area contributed by atoms with Gasteiger partial charge in [0.05, 0.1) is 11.3 Å². The molecule has 0 aliphatic carbocycles. The molecule has 1 atom stereocenters. The monoisotopic (exact) mass is 315 g/mol. The van der Waals surface area contributed by atoms with Crippen molar-refractivity contribution in [3.63, 3.8) is 0 Å². The van der Waals surface area contributed by atoms with Gasteiger partial charge in [0.25, 0.3) is 5.91 Å². The summed E-state index contributed by atoms with van der Waals surface area (Å²) in [5, 5.41) is 6.29. The second kappa shape index (κ2) is 7.13. The first-order valence-corrected chi connectivity index (χ1v) is 8.57. The number of benzene rings is 1. The summed E-state index contributed by atoms with van der Waals surface area (Å²) in [5.74, 6) is 0.0142. The van der Waals surface area contributed by atoms with Crippen LogP contribution >= 0.6 is 0 Å². The molecular weight excluding hydrogens is 290 g/mol. The number of hydrogen-bond acceptors (Lipinski definition) is 3. The first-order chi connectivity index (χ1) is 11.1. The fourth-order valence-corrected chi connectivity index (χ4v) is 3.49. The van der Waals surface area contributed by atoms with Gasteiger partial charge < -0.3 is 15.5 Å². The molecule has 2 saturated heterocycles. The predicted molar refractivity (Wildman–Crippen MR) is 90.6 cm³/mol. The summed E-state index contributed by atoms with van der Waals surface area (Å²) in [6, 6.07) is 5.91. The minimum atomic E-state index is -0.0227. The van der Waals surface area contributed by atoms with Crippen LogP contribution in [0.3, 0.4) is 0 Å². The average molecular weight is 315 g/mol. The molecule has 1 aromatic carbocycles. The Balaban J connectivity index is 1.74. The molecule has 2 fully saturated rings. The standard InChI is InChI=1S/C18H25N3O2/c1-13-6-4-8-15(17(13)18(23)21-10-2-3-11-21)20-16(22)12-14-7-5-9-19-14/h4,6,8,14,19H,2-3,5,7,9-12H2,1H3,(H,20,22). The van der Waals surface area contributed by atoms with Crippen LogP contribution in [0.1, 0.15) is 48.0 Å². The summed E-state index contributed by atoms with van der Waals surface area (Å²) in [7, 11) is 0. The highest BCUT2D eigenvalue weighted by Crippen LogP contribution is 2.24. The molecule has 23 heavy (non-hydrogen) atoms. The number of likely N-dealkylation sites (tertiary alicyclic amines) is 1. The molecule has 3 rings (SSSR count). The van der Waals surface area contributed by atoms with Gasteiger partial charge in [0.2, 0.25) is 5.91 Å². The summed E-state index contributed by atoms with van der Waals surface area (Å²) < 4.78 is 0. The van der Waals surface area contributed by atoms with E-state index in [-0.39, 0.29) is 17.9 Å². The van der Waals surface area contributed by atoms with Crippen molar-refractivity contribution in [2.24, 2.45) is 0 Å². The van der Waals surface area contributed by atoms with Gasteiger partial charge in [0.1, 0.15) is 0 Å². The highest BCUT2D eigenvalue weighted by Gasteiger charge is 2.24. The minimum absolute atomic E-state index is 0.0227. The van der Waals surface area contributed by atoms with Gasteiger partial charge in [-0.3, -0.25) is 9.59 Å². The van der Waals surface area contributed by atoms with Crippen LogP contribution in [0.2, 0.25) is 0 Å². The lowest BCUT2D eigenvalue weighted by Crippen LogP contribution is -2.31. The number of rotatable bonds is 4. The van der Waals surface area contributed by atoms with E-state index in [4.69, 9.17) is 0 Å². The smallest absolute Gasteiger partial charge is 0.256 e. The molecule has 5 nitrogen and oxygen atoms in total. The number of hydrogen-bond donors (Lipinski definition) is 2.